The highest BCUT2D eigenvalue weighted by Crippen LogP contribution is 2.29. The summed E-state index contributed by atoms with van der Waals surface area (Å²) >= 11 is 17.5. The van der Waals surface area contributed by atoms with Crippen molar-refractivity contribution in [3.8, 4) is 0 Å². The largest absolute Gasteiger partial charge is 0.310 e. The number of hydrogen-bond acceptors (Lipinski definition) is 2. The minimum absolute atomic E-state index is 0.233. The zero-order valence-electron chi connectivity index (χ0n) is 11.1. The Morgan fingerprint density at radius 1 is 1.20 bits per heavy atom. The molecule has 1 unspecified atom stereocenters. The molecule has 0 fully saturated rings. The summed E-state index contributed by atoms with van der Waals surface area (Å²) in [4.78, 5) is 1.33. The fourth-order valence-corrected chi connectivity index (χ4v) is 4.11. The van der Waals surface area contributed by atoms with Crippen LogP contribution in [0.5, 0.6) is 0 Å². The smallest absolute Gasteiger partial charge is 0.0424 e. The van der Waals surface area contributed by atoms with Crippen LogP contribution < -0.4 is 5.32 Å². The van der Waals surface area contributed by atoms with Gasteiger partial charge in [-0.3, -0.25) is 0 Å². The first-order valence-corrected chi connectivity index (χ1v) is 8.93. The van der Waals surface area contributed by atoms with E-state index in [2.05, 4.69) is 39.6 Å². The van der Waals surface area contributed by atoms with Crippen LogP contribution in [-0.4, -0.2) is 6.54 Å². The van der Waals surface area contributed by atoms with Crippen molar-refractivity contribution in [2.45, 2.75) is 25.8 Å². The number of rotatable bonds is 6. The Balaban J connectivity index is 2.21. The molecule has 0 radical (unpaired) electrons. The molecule has 1 heterocycles. The Labute approximate surface area is 142 Å². The van der Waals surface area contributed by atoms with Crippen LogP contribution in [0.15, 0.2) is 34.1 Å². The van der Waals surface area contributed by atoms with Gasteiger partial charge in [0.25, 0.3) is 0 Å². The van der Waals surface area contributed by atoms with Gasteiger partial charge in [-0.1, -0.05) is 30.1 Å². The van der Waals surface area contributed by atoms with Gasteiger partial charge >= 0.3 is 0 Å². The second-order valence-electron chi connectivity index (χ2n) is 4.64. The van der Waals surface area contributed by atoms with Gasteiger partial charge in [-0.2, -0.15) is 0 Å². The van der Waals surface area contributed by atoms with Gasteiger partial charge in [-0.05, 0) is 58.7 Å². The van der Waals surface area contributed by atoms with Gasteiger partial charge in [0, 0.05) is 37.2 Å². The van der Waals surface area contributed by atoms with E-state index in [1.807, 2.05) is 12.1 Å². The first kappa shape index (κ1) is 16.3. The van der Waals surface area contributed by atoms with Crippen molar-refractivity contribution < 1.29 is 0 Å². The summed E-state index contributed by atoms with van der Waals surface area (Å²) in [5.74, 6) is 0. The van der Waals surface area contributed by atoms with Gasteiger partial charge in [0.15, 0.2) is 0 Å². The zero-order chi connectivity index (χ0) is 14.5. The molecule has 0 amide bonds. The van der Waals surface area contributed by atoms with Crippen LogP contribution in [0.2, 0.25) is 10.0 Å². The molecule has 0 saturated carbocycles. The number of nitrogens with one attached hydrogen (secondary N) is 1. The van der Waals surface area contributed by atoms with E-state index in [0.29, 0.717) is 10.0 Å². The lowest BCUT2D eigenvalue weighted by atomic mass is 10.0. The molecular weight excluding hydrogens is 377 g/mol. The molecule has 0 bridgehead atoms. The van der Waals surface area contributed by atoms with Crippen LogP contribution in [0, 0.1) is 0 Å². The molecule has 2 rings (SSSR count). The van der Waals surface area contributed by atoms with E-state index in [-0.39, 0.29) is 6.04 Å². The van der Waals surface area contributed by atoms with Crippen LogP contribution in [-0.2, 0) is 6.42 Å². The average molecular weight is 393 g/mol. The van der Waals surface area contributed by atoms with E-state index in [1.54, 1.807) is 17.4 Å². The van der Waals surface area contributed by atoms with Gasteiger partial charge in [-0.15, -0.1) is 11.3 Å². The lowest BCUT2D eigenvalue weighted by Crippen LogP contribution is -2.23. The quantitative estimate of drug-likeness (QED) is 0.625. The molecule has 0 spiro atoms. The highest BCUT2D eigenvalue weighted by molar-refractivity contribution is 9.10. The number of halogens is 3. The van der Waals surface area contributed by atoms with Crippen molar-refractivity contribution in [2.75, 3.05) is 6.54 Å². The summed E-state index contributed by atoms with van der Waals surface area (Å²) < 4.78 is 1.14. The highest BCUT2D eigenvalue weighted by atomic mass is 79.9. The summed E-state index contributed by atoms with van der Waals surface area (Å²) in [5, 5.41) is 7.05. The Bertz CT molecular complexity index is 551. The monoisotopic (exact) mass is 391 g/mol. The van der Waals surface area contributed by atoms with Crippen LogP contribution in [0.1, 0.15) is 29.8 Å². The maximum atomic E-state index is 6.12. The molecule has 0 saturated heterocycles. The molecule has 108 valence electrons. The molecule has 1 aromatic heterocycles. The molecule has 1 atom stereocenters. The number of benzene rings is 1. The molecule has 1 N–H and O–H groups in total. The van der Waals surface area contributed by atoms with E-state index >= 15 is 0 Å². The van der Waals surface area contributed by atoms with E-state index < -0.39 is 0 Å². The molecule has 1 nitrogen and oxygen atoms in total. The average Bonchev–Trinajstić information content (AvgIpc) is 2.79. The normalized spacial score (nSPS) is 12.6. The molecule has 0 aliphatic carbocycles. The van der Waals surface area contributed by atoms with Crippen molar-refractivity contribution in [2.24, 2.45) is 0 Å². The van der Waals surface area contributed by atoms with E-state index in [9.17, 15) is 0 Å². The standard InChI is InChI=1S/C15H16BrCl2NS/c1-2-3-19-15(8-14-6-11(16)9-20-14)10-4-12(17)7-13(18)5-10/h4-7,9,15,19H,2-3,8H2,1H3. The van der Waals surface area contributed by atoms with Crippen LogP contribution >= 0.6 is 50.5 Å². The van der Waals surface area contributed by atoms with E-state index in [1.165, 1.54) is 4.88 Å². The fourth-order valence-electron chi connectivity index (χ4n) is 2.06. The Morgan fingerprint density at radius 3 is 2.45 bits per heavy atom. The van der Waals surface area contributed by atoms with Crippen LogP contribution in [0.25, 0.3) is 0 Å². The molecule has 2 aromatic rings. The predicted octanol–water partition coefficient (Wildman–Crippen LogP) is 6.10. The van der Waals surface area contributed by atoms with Crippen molar-refractivity contribution >= 4 is 50.5 Å². The molecule has 1 aromatic carbocycles. The summed E-state index contributed by atoms with van der Waals surface area (Å²) in [5.41, 5.74) is 1.14. The van der Waals surface area contributed by atoms with Crippen molar-refractivity contribution in [1.82, 2.24) is 5.32 Å². The van der Waals surface area contributed by atoms with Gasteiger partial charge in [0.1, 0.15) is 0 Å². The third-order valence-electron chi connectivity index (χ3n) is 2.96. The molecular formula is C15H16BrCl2NS. The van der Waals surface area contributed by atoms with Gasteiger partial charge < -0.3 is 5.32 Å². The summed E-state index contributed by atoms with van der Waals surface area (Å²) in [6, 6.07) is 8.15. The van der Waals surface area contributed by atoms with Crippen molar-refractivity contribution in [3.63, 3.8) is 0 Å². The second-order valence-corrected chi connectivity index (χ2v) is 7.43. The van der Waals surface area contributed by atoms with E-state index in [0.717, 1.165) is 29.4 Å². The van der Waals surface area contributed by atoms with Crippen LogP contribution in [0.4, 0.5) is 0 Å². The minimum Gasteiger partial charge on any atom is -0.310 e. The lowest BCUT2D eigenvalue weighted by Gasteiger charge is -2.19. The minimum atomic E-state index is 0.233. The zero-order valence-corrected chi connectivity index (χ0v) is 15.0. The number of hydrogen-bond donors (Lipinski definition) is 1. The van der Waals surface area contributed by atoms with Gasteiger partial charge in [0.05, 0.1) is 0 Å². The second kappa shape index (κ2) is 7.81. The summed E-state index contributed by atoms with van der Waals surface area (Å²) in [6.07, 6.45) is 2.03. The molecule has 0 aliphatic rings. The Kier molecular flexibility index (Phi) is 6.37. The van der Waals surface area contributed by atoms with Gasteiger partial charge in [0.2, 0.25) is 0 Å². The third kappa shape index (κ3) is 4.74. The van der Waals surface area contributed by atoms with E-state index in [4.69, 9.17) is 23.2 Å². The summed E-state index contributed by atoms with van der Waals surface area (Å²) in [6.45, 7) is 3.14. The van der Waals surface area contributed by atoms with Gasteiger partial charge in [-0.25, -0.2) is 0 Å². The SMILES string of the molecule is CCCNC(Cc1cc(Br)cs1)c1cc(Cl)cc(Cl)c1. The third-order valence-corrected chi connectivity index (χ3v) is 5.11. The number of thiophene rings is 1. The molecule has 0 aliphatic heterocycles. The maximum absolute atomic E-state index is 6.12. The lowest BCUT2D eigenvalue weighted by molar-refractivity contribution is 0.532. The molecule has 5 heteroatoms. The summed E-state index contributed by atoms with van der Waals surface area (Å²) in [7, 11) is 0. The molecule has 20 heavy (non-hydrogen) atoms. The highest BCUT2D eigenvalue weighted by Gasteiger charge is 2.14. The van der Waals surface area contributed by atoms with Crippen molar-refractivity contribution in [3.05, 3.63) is 54.6 Å². The topological polar surface area (TPSA) is 12.0 Å². The Morgan fingerprint density at radius 2 is 1.90 bits per heavy atom. The van der Waals surface area contributed by atoms with Crippen molar-refractivity contribution in [1.29, 1.82) is 0 Å². The maximum Gasteiger partial charge on any atom is 0.0424 e. The first-order valence-electron chi connectivity index (χ1n) is 6.50. The first-order chi connectivity index (χ1) is 9.58. The fraction of sp³-hybridized carbons (Fsp3) is 0.333. The Hall–Kier alpha value is -0.0600. The predicted molar refractivity (Wildman–Crippen MR) is 93.2 cm³/mol. The van der Waals surface area contributed by atoms with Crippen LogP contribution in [0.3, 0.4) is 0 Å².